The molecule has 0 aliphatic heterocycles. The summed E-state index contributed by atoms with van der Waals surface area (Å²) in [5.41, 5.74) is 5.24. The molecule has 2 aromatic rings. The summed E-state index contributed by atoms with van der Waals surface area (Å²) < 4.78 is 5.15. The zero-order valence-corrected chi connectivity index (χ0v) is 13.9. The second kappa shape index (κ2) is 8.03. The predicted octanol–water partition coefficient (Wildman–Crippen LogP) is 4.76. The zero-order chi connectivity index (χ0) is 16.7. The van der Waals surface area contributed by atoms with Crippen LogP contribution in [-0.4, -0.2) is 20.4 Å². The van der Waals surface area contributed by atoms with E-state index >= 15 is 0 Å². The highest BCUT2D eigenvalue weighted by Gasteiger charge is 2.00. The lowest BCUT2D eigenvalue weighted by Gasteiger charge is -2.11. The normalized spacial score (nSPS) is 11.0. The molecule has 0 saturated heterocycles. The molecule has 0 aliphatic carbocycles. The molecule has 0 amide bonds. The van der Waals surface area contributed by atoms with Gasteiger partial charge in [-0.25, -0.2) is 0 Å². The van der Waals surface area contributed by atoms with Crippen molar-refractivity contribution >= 4 is 23.8 Å². The summed E-state index contributed by atoms with van der Waals surface area (Å²) in [5, 5.41) is 6.66. The maximum atomic E-state index is 5.15. The van der Waals surface area contributed by atoms with Crippen molar-refractivity contribution in [2.45, 2.75) is 13.8 Å². The first-order valence-electron chi connectivity index (χ1n) is 7.50. The van der Waals surface area contributed by atoms with Gasteiger partial charge in [0.2, 0.25) is 0 Å². The van der Waals surface area contributed by atoms with E-state index in [1.807, 2.05) is 49.5 Å². The molecule has 4 heteroatoms. The molecular formula is C19H23N3O. The van der Waals surface area contributed by atoms with Crippen LogP contribution in [0.3, 0.4) is 0 Å². The van der Waals surface area contributed by atoms with Gasteiger partial charge in [-0.2, -0.15) is 0 Å². The van der Waals surface area contributed by atoms with Gasteiger partial charge in [0.25, 0.3) is 0 Å². The summed E-state index contributed by atoms with van der Waals surface area (Å²) in [5.74, 6) is 0.849. The Morgan fingerprint density at radius 2 is 1.96 bits per heavy atom. The largest absolute Gasteiger partial charge is 0.497 e. The Labute approximate surface area is 137 Å². The van der Waals surface area contributed by atoms with Crippen molar-refractivity contribution in [2.75, 3.05) is 24.3 Å². The fourth-order valence-electron chi connectivity index (χ4n) is 2.10. The second-order valence-corrected chi connectivity index (χ2v) is 5.40. The van der Waals surface area contributed by atoms with Crippen LogP contribution in [-0.2, 0) is 0 Å². The molecule has 0 aromatic heterocycles. The first-order valence-corrected chi connectivity index (χ1v) is 7.50. The highest BCUT2D eigenvalue weighted by atomic mass is 16.5. The lowest BCUT2D eigenvalue weighted by Crippen LogP contribution is -2.04. The summed E-state index contributed by atoms with van der Waals surface area (Å²) in [7, 11) is 1.66. The minimum absolute atomic E-state index is 0.731. The van der Waals surface area contributed by atoms with Crippen LogP contribution in [0.4, 0.5) is 17.1 Å². The molecule has 0 bridgehead atoms. The summed E-state index contributed by atoms with van der Waals surface area (Å²) in [6, 6.07) is 13.9. The molecule has 2 N–H and O–H groups in total. The highest BCUT2D eigenvalue weighted by Crippen LogP contribution is 2.25. The molecule has 2 rings (SSSR count). The fourth-order valence-corrected chi connectivity index (χ4v) is 2.10. The first-order chi connectivity index (χ1) is 11.1. The van der Waals surface area contributed by atoms with Crippen molar-refractivity contribution in [3.8, 4) is 5.75 Å². The van der Waals surface area contributed by atoms with Crippen LogP contribution in [0.5, 0.6) is 5.75 Å². The summed E-state index contributed by atoms with van der Waals surface area (Å²) in [4.78, 5) is 4.06. The van der Waals surface area contributed by atoms with Crippen LogP contribution < -0.4 is 15.4 Å². The van der Waals surface area contributed by atoms with E-state index in [4.69, 9.17) is 4.74 Å². The van der Waals surface area contributed by atoms with Crippen molar-refractivity contribution in [2.24, 2.45) is 4.99 Å². The lowest BCUT2D eigenvalue weighted by atomic mass is 10.2. The number of ether oxygens (including phenoxy) is 1. The third kappa shape index (κ3) is 4.88. The molecule has 0 radical (unpaired) electrons. The minimum Gasteiger partial charge on any atom is -0.497 e. The standard InChI is InChI=1S/C19H23N3O/c1-14-5-10-18(19(11-14)20-3)22-13-15(2)12-21-16-6-8-17(23-4)9-7-16/h5-12,21-22H,3,13H2,1-2,4H3/b15-12+. The van der Waals surface area contributed by atoms with E-state index in [-0.39, 0.29) is 0 Å². The van der Waals surface area contributed by atoms with Crippen LogP contribution in [0.1, 0.15) is 12.5 Å². The van der Waals surface area contributed by atoms with Crippen molar-refractivity contribution in [1.82, 2.24) is 0 Å². The Morgan fingerprint density at radius 3 is 2.61 bits per heavy atom. The summed E-state index contributed by atoms with van der Waals surface area (Å²) >= 11 is 0. The first kappa shape index (κ1) is 16.6. The Bertz CT molecular complexity index is 690. The quantitative estimate of drug-likeness (QED) is 0.725. The van der Waals surface area contributed by atoms with E-state index in [1.54, 1.807) is 7.11 Å². The number of aryl methyl sites for hydroxylation is 1. The van der Waals surface area contributed by atoms with Gasteiger partial charge in [-0.15, -0.1) is 0 Å². The van der Waals surface area contributed by atoms with E-state index in [2.05, 4.69) is 35.3 Å². The van der Waals surface area contributed by atoms with E-state index in [0.29, 0.717) is 0 Å². The third-order valence-electron chi connectivity index (χ3n) is 3.46. The van der Waals surface area contributed by atoms with Gasteiger partial charge in [0.05, 0.1) is 18.5 Å². The maximum Gasteiger partial charge on any atom is 0.119 e. The number of nitrogens with zero attached hydrogens (tertiary/aromatic N) is 1. The average molecular weight is 309 g/mol. The van der Waals surface area contributed by atoms with Crippen LogP contribution in [0, 0.1) is 6.92 Å². The molecule has 23 heavy (non-hydrogen) atoms. The fraction of sp³-hybridized carbons (Fsp3) is 0.211. The number of aliphatic imine (C=N–C) groups is 1. The van der Waals surface area contributed by atoms with Gasteiger partial charge in [-0.3, -0.25) is 4.99 Å². The van der Waals surface area contributed by atoms with Crippen molar-refractivity contribution in [3.63, 3.8) is 0 Å². The van der Waals surface area contributed by atoms with Gasteiger partial charge in [-0.05, 0) is 68.1 Å². The van der Waals surface area contributed by atoms with Crippen molar-refractivity contribution in [1.29, 1.82) is 0 Å². The molecule has 0 fully saturated rings. The average Bonchev–Trinajstić information content (AvgIpc) is 2.59. The van der Waals surface area contributed by atoms with Gasteiger partial charge < -0.3 is 15.4 Å². The number of anilines is 2. The molecule has 0 aliphatic rings. The SMILES string of the molecule is C=Nc1cc(C)ccc1NC/C(C)=C/Nc1ccc(OC)cc1. The number of benzene rings is 2. The molecule has 120 valence electrons. The number of methoxy groups -OCH3 is 1. The summed E-state index contributed by atoms with van der Waals surface area (Å²) in [6.45, 7) is 8.47. The van der Waals surface area contributed by atoms with Crippen LogP contribution in [0.25, 0.3) is 0 Å². The van der Waals surface area contributed by atoms with Crippen LogP contribution in [0.2, 0.25) is 0 Å². The van der Waals surface area contributed by atoms with E-state index < -0.39 is 0 Å². The molecule has 0 unspecified atom stereocenters. The van der Waals surface area contributed by atoms with Gasteiger partial charge >= 0.3 is 0 Å². The number of nitrogens with one attached hydrogen (secondary N) is 2. The predicted molar refractivity (Wildman–Crippen MR) is 99.3 cm³/mol. The van der Waals surface area contributed by atoms with E-state index in [1.165, 1.54) is 11.1 Å². The number of hydrogen-bond donors (Lipinski definition) is 2. The van der Waals surface area contributed by atoms with Crippen LogP contribution in [0.15, 0.2) is 59.2 Å². The van der Waals surface area contributed by atoms with Gasteiger partial charge in [-0.1, -0.05) is 6.07 Å². The monoisotopic (exact) mass is 309 g/mol. The smallest absolute Gasteiger partial charge is 0.119 e. The molecule has 0 heterocycles. The molecular weight excluding hydrogens is 286 g/mol. The number of rotatable bonds is 7. The molecule has 0 atom stereocenters. The highest BCUT2D eigenvalue weighted by molar-refractivity contribution is 5.68. The molecule has 0 saturated carbocycles. The van der Waals surface area contributed by atoms with Gasteiger partial charge in [0.15, 0.2) is 0 Å². The molecule has 4 nitrogen and oxygen atoms in total. The van der Waals surface area contributed by atoms with Gasteiger partial charge in [0, 0.05) is 18.4 Å². The third-order valence-corrected chi connectivity index (χ3v) is 3.46. The Morgan fingerprint density at radius 1 is 1.22 bits per heavy atom. The molecule has 0 spiro atoms. The van der Waals surface area contributed by atoms with Crippen LogP contribution >= 0.6 is 0 Å². The minimum atomic E-state index is 0.731. The Balaban J connectivity index is 1.93. The van der Waals surface area contributed by atoms with Crippen molar-refractivity contribution < 1.29 is 4.74 Å². The Kier molecular flexibility index (Phi) is 5.80. The van der Waals surface area contributed by atoms with E-state index in [9.17, 15) is 0 Å². The molecule has 2 aromatic carbocycles. The zero-order valence-electron chi connectivity index (χ0n) is 13.9. The topological polar surface area (TPSA) is 45.7 Å². The van der Waals surface area contributed by atoms with Gasteiger partial charge in [0.1, 0.15) is 5.75 Å². The second-order valence-electron chi connectivity index (χ2n) is 5.40. The lowest BCUT2D eigenvalue weighted by molar-refractivity contribution is 0.415. The summed E-state index contributed by atoms with van der Waals surface area (Å²) in [6.07, 6.45) is 1.99. The van der Waals surface area contributed by atoms with Crippen molar-refractivity contribution in [3.05, 3.63) is 59.8 Å². The Hall–Kier alpha value is -2.75. The number of hydrogen-bond acceptors (Lipinski definition) is 4. The maximum absolute atomic E-state index is 5.15. The van der Waals surface area contributed by atoms with E-state index in [0.717, 1.165) is 29.4 Å².